The van der Waals surface area contributed by atoms with Gasteiger partial charge in [-0.25, -0.2) is 9.59 Å². The SMILES string of the molecule is C=C(C)C(=O)O.C=C(C)C(=O)OC(C)CCC. The van der Waals surface area contributed by atoms with Crippen LogP contribution in [0, 0.1) is 0 Å². The third-order valence-corrected chi connectivity index (χ3v) is 1.72. The Bertz CT molecular complexity index is 280. The maximum absolute atomic E-state index is 10.9. The van der Waals surface area contributed by atoms with Gasteiger partial charge in [0.15, 0.2) is 0 Å². The lowest BCUT2D eigenvalue weighted by molar-refractivity contribution is -0.143. The van der Waals surface area contributed by atoms with Crippen LogP contribution in [0.2, 0.25) is 0 Å². The Morgan fingerprint density at radius 3 is 1.88 bits per heavy atom. The van der Waals surface area contributed by atoms with E-state index in [-0.39, 0.29) is 17.6 Å². The smallest absolute Gasteiger partial charge is 0.333 e. The molecule has 4 nitrogen and oxygen atoms in total. The molecule has 0 aromatic rings. The molecule has 0 rings (SSSR count). The number of hydrogen-bond acceptors (Lipinski definition) is 3. The van der Waals surface area contributed by atoms with E-state index in [2.05, 4.69) is 20.1 Å². The maximum Gasteiger partial charge on any atom is 0.333 e. The molecule has 0 aliphatic carbocycles. The van der Waals surface area contributed by atoms with E-state index in [0.29, 0.717) is 5.57 Å². The van der Waals surface area contributed by atoms with E-state index in [4.69, 9.17) is 9.84 Å². The van der Waals surface area contributed by atoms with Gasteiger partial charge in [-0.05, 0) is 27.2 Å². The number of carboxylic acid groups (broad SMARTS) is 1. The highest BCUT2D eigenvalue weighted by atomic mass is 16.5. The van der Waals surface area contributed by atoms with E-state index >= 15 is 0 Å². The predicted molar refractivity (Wildman–Crippen MR) is 67.7 cm³/mol. The molecular weight excluding hydrogens is 220 g/mol. The molecule has 0 radical (unpaired) electrons. The second-order valence-corrected chi connectivity index (χ2v) is 3.87. The molecule has 0 aromatic carbocycles. The van der Waals surface area contributed by atoms with Gasteiger partial charge >= 0.3 is 11.9 Å². The minimum atomic E-state index is -0.935. The molecule has 1 atom stereocenters. The number of ether oxygens (including phenoxy) is 1. The van der Waals surface area contributed by atoms with Crippen molar-refractivity contribution in [3.63, 3.8) is 0 Å². The first-order chi connectivity index (χ1) is 7.72. The van der Waals surface area contributed by atoms with Crippen molar-refractivity contribution in [1.82, 2.24) is 0 Å². The van der Waals surface area contributed by atoms with Crippen molar-refractivity contribution in [2.45, 2.75) is 46.6 Å². The monoisotopic (exact) mass is 242 g/mol. The van der Waals surface area contributed by atoms with Crippen LogP contribution in [0.1, 0.15) is 40.5 Å². The number of esters is 1. The molecule has 0 heterocycles. The molecular formula is C13H22O4. The third kappa shape index (κ3) is 12.4. The number of rotatable bonds is 5. The summed E-state index contributed by atoms with van der Waals surface area (Å²) in [6, 6.07) is 0. The Morgan fingerprint density at radius 1 is 1.24 bits per heavy atom. The standard InChI is InChI=1S/C9H16O2.C4H6O2/c1-5-6-8(4)11-9(10)7(2)3;1-3(2)4(5)6/h8H,2,5-6H2,1,3-4H3;1H2,2H3,(H,5,6). The molecule has 0 aromatic heterocycles. The normalized spacial score (nSPS) is 10.6. The van der Waals surface area contributed by atoms with Crippen LogP contribution in [-0.4, -0.2) is 23.1 Å². The number of aliphatic carboxylic acids is 1. The van der Waals surface area contributed by atoms with Gasteiger partial charge in [0.25, 0.3) is 0 Å². The lowest BCUT2D eigenvalue weighted by Gasteiger charge is -2.11. The summed E-state index contributed by atoms with van der Waals surface area (Å²) >= 11 is 0. The Hall–Kier alpha value is -1.58. The van der Waals surface area contributed by atoms with E-state index < -0.39 is 5.97 Å². The fourth-order valence-electron chi connectivity index (χ4n) is 0.749. The highest BCUT2D eigenvalue weighted by molar-refractivity contribution is 5.87. The van der Waals surface area contributed by atoms with Crippen LogP contribution in [-0.2, 0) is 14.3 Å². The zero-order chi connectivity index (χ0) is 14.0. The molecule has 0 saturated carbocycles. The van der Waals surface area contributed by atoms with Crippen LogP contribution in [0.25, 0.3) is 0 Å². The van der Waals surface area contributed by atoms with E-state index in [0.717, 1.165) is 12.8 Å². The molecule has 17 heavy (non-hydrogen) atoms. The summed E-state index contributed by atoms with van der Waals surface area (Å²) in [5.74, 6) is -1.22. The summed E-state index contributed by atoms with van der Waals surface area (Å²) in [6.45, 7) is 13.7. The van der Waals surface area contributed by atoms with Crippen molar-refractivity contribution < 1.29 is 19.4 Å². The number of carbonyl (C=O) groups is 2. The average Bonchev–Trinajstić information content (AvgIpc) is 2.18. The summed E-state index contributed by atoms with van der Waals surface area (Å²) in [7, 11) is 0. The van der Waals surface area contributed by atoms with Crippen LogP contribution in [0.4, 0.5) is 0 Å². The van der Waals surface area contributed by atoms with Gasteiger partial charge in [0.05, 0.1) is 6.10 Å². The van der Waals surface area contributed by atoms with E-state index in [1.807, 2.05) is 6.92 Å². The van der Waals surface area contributed by atoms with Gasteiger partial charge in [0.2, 0.25) is 0 Å². The van der Waals surface area contributed by atoms with Crippen molar-refractivity contribution in [1.29, 1.82) is 0 Å². The minimum absolute atomic E-state index is 0.0178. The highest BCUT2D eigenvalue weighted by Crippen LogP contribution is 2.03. The lowest BCUT2D eigenvalue weighted by Crippen LogP contribution is -2.14. The first-order valence-electron chi connectivity index (χ1n) is 5.47. The van der Waals surface area contributed by atoms with Gasteiger partial charge in [-0.2, -0.15) is 0 Å². The van der Waals surface area contributed by atoms with Crippen molar-refractivity contribution in [2.24, 2.45) is 0 Å². The van der Waals surface area contributed by atoms with Crippen molar-refractivity contribution in [3.05, 3.63) is 24.3 Å². The third-order valence-electron chi connectivity index (χ3n) is 1.72. The summed E-state index contributed by atoms with van der Waals surface area (Å²) < 4.78 is 5.01. The second-order valence-electron chi connectivity index (χ2n) is 3.87. The summed E-state index contributed by atoms with van der Waals surface area (Å²) in [6.07, 6.45) is 1.97. The van der Waals surface area contributed by atoms with E-state index in [9.17, 15) is 9.59 Å². The molecule has 0 saturated heterocycles. The maximum atomic E-state index is 10.9. The molecule has 0 aliphatic heterocycles. The Morgan fingerprint density at radius 2 is 1.65 bits per heavy atom. The zero-order valence-corrected chi connectivity index (χ0v) is 11.1. The largest absolute Gasteiger partial charge is 0.478 e. The average molecular weight is 242 g/mol. The quantitative estimate of drug-likeness (QED) is 0.594. The van der Waals surface area contributed by atoms with Gasteiger partial charge in [-0.15, -0.1) is 0 Å². The van der Waals surface area contributed by atoms with Gasteiger partial charge in [-0.1, -0.05) is 26.5 Å². The highest BCUT2D eigenvalue weighted by Gasteiger charge is 2.07. The molecule has 98 valence electrons. The van der Waals surface area contributed by atoms with Gasteiger partial charge in [0, 0.05) is 11.1 Å². The molecule has 0 aliphatic rings. The molecule has 0 fully saturated rings. The van der Waals surface area contributed by atoms with Crippen LogP contribution in [0.15, 0.2) is 24.3 Å². The van der Waals surface area contributed by atoms with Crippen LogP contribution in [0.5, 0.6) is 0 Å². The van der Waals surface area contributed by atoms with E-state index in [1.54, 1.807) is 6.92 Å². The second kappa shape index (κ2) is 9.63. The molecule has 4 heteroatoms. The van der Waals surface area contributed by atoms with E-state index in [1.165, 1.54) is 6.92 Å². The number of carbonyl (C=O) groups excluding carboxylic acids is 1. The lowest BCUT2D eigenvalue weighted by atomic mass is 10.2. The minimum Gasteiger partial charge on any atom is -0.478 e. The van der Waals surface area contributed by atoms with Crippen molar-refractivity contribution in [3.8, 4) is 0 Å². The van der Waals surface area contributed by atoms with Crippen LogP contribution < -0.4 is 0 Å². The van der Waals surface area contributed by atoms with Crippen LogP contribution in [0.3, 0.4) is 0 Å². The Balaban J connectivity index is 0. The van der Waals surface area contributed by atoms with Crippen molar-refractivity contribution in [2.75, 3.05) is 0 Å². The number of carboxylic acids is 1. The topological polar surface area (TPSA) is 63.6 Å². The zero-order valence-electron chi connectivity index (χ0n) is 11.1. The predicted octanol–water partition coefficient (Wildman–Crippen LogP) is 2.94. The molecule has 0 spiro atoms. The first-order valence-corrected chi connectivity index (χ1v) is 5.47. The summed E-state index contributed by atoms with van der Waals surface area (Å²) in [4.78, 5) is 20.5. The molecule has 0 bridgehead atoms. The first kappa shape index (κ1) is 17.8. The van der Waals surface area contributed by atoms with Crippen molar-refractivity contribution >= 4 is 11.9 Å². The number of hydrogen-bond donors (Lipinski definition) is 1. The molecule has 0 amide bonds. The van der Waals surface area contributed by atoms with Crippen LogP contribution >= 0.6 is 0 Å². The van der Waals surface area contributed by atoms with Gasteiger partial charge in [0.1, 0.15) is 0 Å². The fourth-order valence-corrected chi connectivity index (χ4v) is 0.749. The summed E-state index contributed by atoms with van der Waals surface area (Å²) in [5, 5.41) is 7.89. The molecule has 1 unspecified atom stereocenters. The van der Waals surface area contributed by atoms with Gasteiger partial charge in [-0.3, -0.25) is 0 Å². The fraction of sp³-hybridized carbons (Fsp3) is 0.538. The Labute approximate surface area is 103 Å². The summed E-state index contributed by atoms with van der Waals surface area (Å²) in [5.41, 5.74) is 0.642. The molecule has 1 N–H and O–H groups in total. The van der Waals surface area contributed by atoms with Gasteiger partial charge < -0.3 is 9.84 Å². The Kier molecular flexibility index (Phi) is 10.1.